The number of nitrogens with one attached hydrogen (secondary N) is 1. The number of carbonyl (C=O) groups is 2. The summed E-state index contributed by atoms with van der Waals surface area (Å²) in [6.07, 6.45) is 0. The number of hydrogen-bond donors (Lipinski definition) is 1. The van der Waals surface area contributed by atoms with Gasteiger partial charge in [0.2, 0.25) is 10.0 Å². The van der Waals surface area contributed by atoms with Crippen molar-refractivity contribution in [3.63, 3.8) is 0 Å². The molecule has 1 heterocycles. The SMILES string of the molecule is COc1ccc(S(=O)(=O)NCCN2C(=O)c3ccccc3C2=O)c(C)c1. The standard InChI is InChI=1S/C18H18N2O5S/c1-12-11-13(25-2)7-8-16(12)26(23,24)19-9-10-20-17(21)14-5-3-4-6-15(14)18(20)22/h3-8,11,19H,9-10H2,1-2H3. The zero-order valence-corrected chi connectivity index (χ0v) is 15.2. The van der Waals surface area contributed by atoms with E-state index in [4.69, 9.17) is 4.74 Å². The molecule has 26 heavy (non-hydrogen) atoms. The van der Waals surface area contributed by atoms with Crippen LogP contribution in [0.15, 0.2) is 47.4 Å². The fourth-order valence-corrected chi connectivity index (χ4v) is 4.11. The molecule has 0 bridgehead atoms. The first kappa shape index (κ1) is 18.1. The van der Waals surface area contributed by atoms with Crippen LogP contribution in [0.1, 0.15) is 26.3 Å². The highest BCUT2D eigenvalue weighted by molar-refractivity contribution is 7.89. The lowest BCUT2D eigenvalue weighted by Crippen LogP contribution is -2.38. The van der Waals surface area contributed by atoms with Crippen LogP contribution in [0, 0.1) is 6.92 Å². The third-order valence-corrected chi connectivity index (χ3v) is 5.80. The predicted molar refractivity (Wildman–Crippen MR) is 94.7 cm³/mol. The third-order valence-electron chi connectivity index (χ3n) is 4.18. The molecule has 2 aromatic carbocycles. The normalized spacial score (nSPS) is 13.8. The fourth-order valence-electron chi connectivity index (χ4n) is 2.86. The van der Waals surface area contributed by atoms with Gasteiger partial charge in [-0.3, -0.25) is 14.5 Å². The molecule has 0 spiro atoms. The minimum Gasteiger partial charge on any atom is -0.497 e. The van der Waals surface area contributed by atoms with Gasteiger partial charge in [-0.2, -0.15) is 0 Å². The number of ether oxygens (including phenoxy) is 1. The monoisotopic (exact) mass is 374 g/mol. The molecule has 2 amide bonds. The van der Waals surface area contributed by atoms with E-state index < -0.39 is 21.8 Å². The van der Waals surface area contributed by atoms with E-state index in [1.165, 1.54) is 13.2 Å². The molecule has 0 saturated heterocycles. The smallest absolute Gasteiger partial charge is 0.261 e. The highest BCUT2D eigenvalue weighted by Gasteiger charge is 2.34. The number of sulfonamides is 1. The highest BCUT2D eigenvalue weighted by Crippen LogP contribution is 2.23. The van der Waals surface area contributed by atoms with Gasteiger partial charge in [-0.05, 0) is 42.8 Å². The number of methoxy groups -OCH3 is 1. The Morgan fingerprint density at radius 3 is 2.19 bits per heavy atom. The van der Waals surface area contributed by atoms with Crippen LogP contribution in [-0.2, 0) is 10.0 Å². The fraction of sp³-hybridized carbons (Fsp3) is 0.222. The maximum absolute atomic E-state index is 12.5. The molecule has 8 heteroatoms. The zero-order chi connectivity index (χ0) is 18.9. The van der Waals surface area contributed by atoms with Crippen molar-refractivity contribution in [3.05, 3.63) is 59.2 Å². The predicted octanol–water partition coefficient (Wildman–Crippen LogP) is 1.58. The molecular formula is C18H18N2O5S. The third kappa shape index (κ3) is 3.21. The van der Waals surface area contributed by atoms with Gasteiger partial charge >= 0.3 is 0 Å². The molecule has 2 aromatic rings. The highest BCUT2D eigenvalue weighted by atomic mass is 32.2. The summed E-state index contributed by atoms with van der Waals surface area (Å²) >= 11 is 0. The molecule has 0 aromatic heterocycles. The van der Waals surface area contributed by atoms with Crippen molar-refractivity contribution in [1.29, 1.82) is 0 Å². The molecule has 1 N–H and O–H groups in total. The second-order valence-corrected chi connectivity index (χ2v) is 7.57. The van der Waals surface area contributed by atoms with Crippen LogP contribution >= 0.6 is 0 Å². The second kappa shape index (κ2) is 6.89. The summed E-state index contributed by atoms with van der Waals surface area (Å²) in [5.41, 5.74) is 1.22. The van der Waals surface area contributed by atoms with Crippen LogP contribution in [0.25, 0.3) is 0 Å². The molecule has 7 nitrogen and oxygen atoms in total. The van der Waals surface area contributed by atoms with Gasteiger partial charge in [-0.1, -0.05) is 12.1 Å². The van der Waals surface area contributed by atoms with Crippen LogP contribution in [0.4, 0.5) is 0 Å². The number of carbonyl (C=O) groups excluding carboxylic acids is 2. The first-order valence-corrected chi connectivity index (χ1v) is 9.43. The summed E-state index contributed by atoms with van der Waals surface area (Å²) in [4.78, 5) is 25.7. The van der Waals surface area contributed by atoms with Gasteiger partial charge in [0.15, 0.2) is 0 Å². The first-order chi connectivity index (χ1) is 12.3. The molecule has 1 aliphatic heterocycles. The molecule has 0 fully saturated rings. The lowest BCUT2D eigenvalue weighted by molar-refractivity contribution is 0.0657. The quantitative estimate of drug-likeness (QED) is 0.775. The van der Waals surface area contributed by atoms with Crippen molar-refractivity contribution in [2.75, 3.05) is 20.2 Å². The lowest BCUT2D eigenvalue weighted by atomic mass is 10.1. The largest absolute Gasteiger partial charge is 0.497 e. The topological polar surface area (TPSA) is 92.8 Å². The van der Waals surface area contributed by atoms with Gasteiger partial charge in [-0.25, -0.2) is 13.1 Å². The minimum absolute atomic E-state index is 0.0409. The van der Waals surface area contributed by atoms with Gasteiger partial charge in [0.1, 0.15) is 5.75 Å². The van der Waals surface area contributed by atoms with Gasteiger partial charge in [0.05, 0.1) is 23.1 Å². The number of amides is 2. The Morgan fingerprint density at radius 1 is 1.04 bits per heavy atom. The number of benzene rings is 2. The van der Waals surface area contributed by atoms with E-state index in [9.17, 15) is 18.0 Å². The summed E-state index contributed by atoms with van der Waals surface area (Å²) in [5, 5.41) is 0. The average Bonchev–Trinajstić information content (AvgIpc) is 2.86. The van der Waals surface area contributed by atoms with Gasteiger partial charge in [0, 0.05) is 13.1 Å². The number of hydrogen-bond acceptors (Lipinski definition) is 5. The molecule has 0 radical (unpaired) electrons. The Balaban J connectivity index is 1.68. The van der Waals surface area contributed by atoms with Crippen LogP contribution in [0.5, 0.6) is 5.75 Å². The van der Waals surface area contributed by atoms with Gasteiger partial charge in [-0.15, -0.1) is 0 Å². The van der Waals surface area contributed by atoms with E-state index in [0.717, 1.165) is 4.90 Å². The van der Waals surface area contributed by atoms with Crippen molar-refractivity contribution in [2.45, 2.75) is 11.8 Å². The Kier molecular flexibility index (Phi) is 4.80. The van der Waals surface area contributed by atoms with E-state index in [0.29, 0.717) is 22.4 Å². The maximum atomic E-state index is 12.5. The van der Waals surface area contributed by atoms with E-state index in [2.05, 4.69) is 4.72 Å². The van der Waals surface area contributed by atoms with E-state index >= 15 is 0 Å². The number of rotatable bonds is 6. The molecule has 1 aliphatic rings. The maximum Gasteiger partial charge on any atom is 0.261 e. The summed E-state index contributed by atoms with van der Waals surface area (Å²) in [6.45, 7) is 1.56. The van der Waals surface area contributed by atoms with Crippen molar-refractivity contribution in [1.82, 2.24) is 9.62 Å². The molecular weight excluding hydrogens is 356 g/mol. The lowest BCUT2D eigenvalue weighted by Gasteiger charge is -2.15. The first-order valence-electron chi connectivity index (χ1n) is 7.94. The van der Waals surface area contributed by atoms with E-state index in [1.807, 2.05) is 0 Å². The van der Waals surface area contributed by atoms with Crippen molar-refractivity contribution in [3.8, 4) is 5.75 Å². The summed E-state index contributed by atoms with van der Waals surface area (Å²) in [7, 11) is -2.26. The molecule has 3 rings (SSSR count). The summed E-state index contributed by atoms with van der Waals surface area (Å²) in [6, 6.07) is 11.2. The van der Waals surface area contributed by atoms with Crippen molar-refractivity contribution < 1.29 is 22.7 Å². The van der Waals surface area contributed by atoms with Gasteiger partial charge < -0.3 is 4.74 Å². The number of fused-ring (bicyclic) bond motifs is 1. The van der Waals surface area contributed by atoms with Crippen LogP contribution < -0.4 is 9.46 Å². The number of nitrogens with zero attached hydrogens (tertiary/aromatic N) is 1. The van der Waals surface area contributed by atoms with Crippen molar-refractivity contribution >= 4 is 21.8 Å². The molecule has 0 saturated carbocycles. The van der Waals surface area contributed by atoms with Crippen LogP contribution in [-0.4, -0.2) is 45.3 Å². The molecule has 136 valence electrons. The summed E-state index contributed by atoms with van der Waals surface area (Å²) in [5.74, 6) is -0.261. The zero-order valence-electron chi connectivity index (χ0n) is 14.4. The minimum atomic E-state index is -3.76. The van der Waals surface area contributed by atoms with E-state index in [-0.39, 0.29) is 18.0 Å². The van der Waals surface area contributed by atoms with Crippen LogP contribution in [0.3, 0.4) is 0 Å². The molecule has 0 atom stereocenters. The Bertz CT molecular complexity index is 950. The number of aryl methyl sites for hydroxylation is 1. The number of imide groups is 1. The average molecular weight is 374 g/mol. The molecule has 0 aliphatic carbocycles. The Morgan fingerprint density at radius 2 is 1.65 bits per heavy atom. The summed E-state index contributed by atoms with van der Waals surface area (Å²) < 4.78 is 32.4. The Labute approximate surface area is 151 Å². The van der Waals surface area contributed by atoms with E-state index in [1.54, 1.807) is 43.3 Å². The second-order valence-electron chi connectivity index (χ2n) is 5.84. The van der Waals surface area contributed by atoms with Crippen molar-refractivity contribution in [2.24, 2.45) is 0 Å². The van der Waals surface area contributed by atoms with Crippen LogP contribution in [0.2, 0.25) is 0 Å². The Hall–Kier alpha value is -2.71. The van der Waals surface area contributed by atoms with Gasteiger partial charge in [0.25, 0.3) is 11.8 Å². The molecule has 0 unspecified atom stereocenters.